The van der Waals surface area contributed by atoms with E-state index in [1.807, 2.05) is 66.2 Å². The highest BCUT2D eigenvalue weighted by molar-refractivity contribution is 6.34. The average Bonchev–Trinajstić information content (AvgIpc) is 3.40. The van der Waals surface area contributed by atoms with Gasteiger partial charge < -0.3 is 19.5 Å². The number of amides is 1. The number of fused-ring (bicyclic) bond motifs is 1. The highest BCUT2D eigenvalue weighted by Gasteiger charge is 2.34. The van der Waals surface area contributed by atoms with Crippen molar-refractivity contribution in [2.75, 3.05) is 38.5 Å². The maximum Gasteiger partial charge on any atom is 0.416 e. The Kier molecular flexibility index (Phi) is 8.50. The van der Waals surface area contributed by atoms with E-state index in [4.69, 9.17) is 16.3 Å². The number of hydrogen-bond acceptors (Lipinski definition) is 6. The number of nitrogens with zero attached hydrogens (tertiary/aromatic N) is 5. The second-order valence-electron chi connectivity index (χ2n) is 11.0. The summed E-state index contributed by atoms with van der Waals surface area (Å²) in [6, 6.07) is 19.7. The molecule has 5 aromatic rings. The van der Waals surface area contributed by atoms with Gasteiger partial charge in [0.1, 0.15) is 11.3 Å². The Balaban J connectivity index is 1.25. The van der Waals surface area contributed by atoms with Gasteiger partial charge in [0.15, 0.2) is 5.82 Å². The molecule has 1 saturated heterocycles. The van der Waals surface area contributed by atoms with Gasteiger partial charge in [-0.1, -0.05) is 48.0 Å². The number of aryl methyl sites for hydroxylation is 1. The van der Waals surface area contributed by atoms with Crippen LogP contribution in [-0.2, 0) is 19.8 Å². The van der Waals surface area contributed by atoms with Crippen LogP contribution in [0.15, 0.2) is 79.0 Å². The number of halogens is 4. The molecule has 232 valence electrons. The molecule has 3 heterocycles. The topological polar surface area (TPSA) is 75.5 Å². The molecule has 8 nitrogen and oxygen atoms in total. The lowest BCUT2D eigenvalue weighted by Crippen LogP contribution is -2.44. The van der Waals surface area contributed by atoms with Crippen LogP contribution in [0, 0.1) is 0 Å². The Morgan fingerprint density at radius 2 is 1.71 bits per heavy atom. The summed E-state index contributed by atoms with van der Waals surface area (Å²) in [6.45, 7) is 3.06. The number of likely N-dealkylation sites (N-methyl/N-ethyl adjacent to an activating group) is 1. The minimum atomic E-state index is -4.62. The summed E-state index contributed by atoms with van der Waals surface area (Å²) in [5.41, 5.74) is 1.48. The Morgan fingerprint density at radius 3 is 2.44 bits per heavy atom. The number of carbonyl (C=O) groups is 1. The number of anilines is 1. The fraction of sp³-hybridized carbons (Fsp3) is 0.242. The molecule has 0 spiro atoms. The first-order valence-corrected chi connectivity index (χ1v) is 14.7. The molecule has 0 saturated carbocycles. The van der Waals surface area contributed by atoms with E-state index in [9.17, 15) is 18.0 Å². The monoisotopic (exact) mass is 634 g/mol. The third-order valence-corrected chi connectivity index (χ3v) is 8.12. The first kappa shape index (κ1) is 30.6. The molecule has 0 bridgehead atoms. The third-order valence-electron chi connectivity index (χ3n) is 7.79. The standard InChI is InChI=1S/C33H30ClF3N6O2/c1-41-14-16-43(17-15-41)20-23-9-8-22(18-25(23)33(35,36)37)31(44)39-28-19-24(10-11-26(28)34)45-32-29-27(12-13-42(29)2)38-30(40-32)21-6-4-3-5-7-21/h3-13,18-19H,14-17,20H2,1-2H3,(H,39,44). The molecule has 2 aromatic heterocycles. The van der Waals surface area contributed by atoms with Crippen LogP contribution in [-0.4, -0.2) is 63.5 Å². The molecule has 1 aliphatic rings. The number of benzene rings is 3. The molecule has 0 unspecified atom stereocenters. The molecule has 0 atom stereocenters. The van der Waals surface area contributed by atoms with Gasteiger partial charge in [0, 0.05) is 63.2 Å². The van der Waals surface area contributed by atoms with Gasteiger partial charge in [-0.05, 0) is 42.9 Å². The summed E-state index contributed by atoms with van der Waals surface area (Å²) in [5.74, 6) is 0.345. The largest absolute Gasteiger partial charge is 0.437 e. The van der Waals surface area contributed by atoms with Gasteiger partial charge in [-0.25, -0.2) is 4.98 Å². The fourth-order valence-corrected chi connectivity index (χ4v) is 5.44. The number of aromatic nitrogens is 3. The number of rotatable bonds is 7. The Hall–Kier alpha value is -4.45. The first-order valence-electron chi connectivity index (χ1n) is 14.3. The van der Waals surface area contributed by atoms with Crippen LogP contribution in [0.3, 0.4) is 0 Å². The molecule has 3 aromatic carbocycles. The fourth-order valence-electron chi connectivity index (χ4n) is 5.28. The van der Waals surface area contributed by atoms with Crippen molar-refractivity contribution in [3.8, 4) is 23.0 Å². The smallest absolute Gasteiger partial charge is 0.416 e. The van der Waals surface area contributed by atoms with Crippen molar-refractivity contribution in [2.24, 2.45) is 7.05 Å². The van der Waals surface area contributed by atoms with E-state index in [0.717, 1.165) is 24.7 Å². The molecule has 1 N–H and O–H groups in total. The van der Waals surface area contributed by atoms with Crippen LogP contribution in [0.5, 0.6) is 11.6 Å². The van der Waals surface area contributed by atoms with Crippen molar-refractivity contribution in [2.45, 2.75) is 12.7 Å². The van der Waals surface area contributed by atoms with Gasteiger partial charge in [0.2, 0.25) is 5.88 Å². The molecule has 0 aliphatic carbocycles. The molecule has 1 aliphatic heterocycles. The average molecular weight is 635 g/mol. The van der Waals surface area contributed by atoms with Crippen LogP contribution in [0.2, 0.25) is 5.02 Å². The van der Waals surface area contributed by atoms with E-state index in [2.05, 4.69) is 20.2 Å². The highest BCUT2D eigenvalue weighted by atomic mass is 35.5. The third kappa shape index (κ3) is 6.80. The molecule has 12 heteroatoms. The van der Waals surface area contributed by atoms with E-state index in [1.165, 1.54) is 24.3 Å². The van der Waals surface area contributed by atoms with Crippen molar-refractivity contribution in [3.05, 3.63) is 101 Å². The van der Waals surface area contributed by atoms with Crippen molar-refractivity contribution in [3.63, 3.8) is 0 Å². The highest BCUT2D eigenvalue weighted by Crippen LogP contribution is 2.36. The SMILES string of the molecule is CN1CCN(Cc2ccc(C(=O)Nc3cc(Oc4nc(-c5ccccc5)nc5ccn(C)c45)ccc3Cl)cc2C(F)(F)F)CC1. The Bertz CT molecular complexity index is 1850. The number of hydrogen-bond donors (Lipinski definition) is 1. The second-order valence-corrected chi connectivity index (χ2v) is 11.4. The lowest BCUT2D eigenvalue weighted by atomic mass is 10.0. The molecule has 0 radical (unpaired) electrons. The normalized spacial score (nSPS) is 14.5. The van der Waals surface area contributed by atoms with Gasteiger partial charge in [0.05, 0.1) is 21.8 Å². The zero-order valence-electron chi connectivity index (χ0n) is 24.6. The molecular weight excluding hydrogens is 605 g/mol. The molecule has 45 heavy (non-hydrogen) atoms. The van der Waals surface area contributed by atoms with Crippen LogP contribution in [0.25, 0.3) is 22.4 Å². The van der Waals surface area contributed by atoms with Crippen molar-refractivity contribution in [1.82, 2.24) is 24.3 Å². The summed E-state index contributed by atoms with van der Waals surface area (Å²) < 4.78 is 50.3. The minimum Gasteiger partial charge on any atom is -0.437 e. The van der Waals surface area contributed by atoms with E-state index in [1.54, 1.807) is 6.07 Å². The zero-order chi connectivity index (χ0) is 31.7. The predicted molar refractivity (Wildman–Crippen MR) is 168 cm³/mol. The Morgan fingerprint density at radius 1 is 0.956 bits per heavy atom. The first-order chi connectivity index (χ1) is 21.5. The molecular formula is C33H30ClF3N6O2. The number of alkyl halides is 3. The van der Waals surface area contributed by atoms with Crippen LogP contribution < -0.4 is 10.1 Å². The molecule has 1 fully saturated rings. The summed E-state index contributed by atoms with van der Waals surface area (Å²) in [4.78, 5) is 26.7. The summed E-state index contributed by atoms with van der Waals surface area (Å²) in [5, 5.41) is 2.84. The van der Waals surface area contributed by atoms with Crippen LogP contribution in [0.1, 0.15) is 21.5 Å². The lowest BCUT2D eigenvalue weighted by Gasteiger charge is -2.33. The molecule has 6 rings (SSSR count). The maximum absolute atomic E-state index is 14.1. The number of ether oxygens (including phenoxy) is 1. The number of carbonyl (C=O) groups excluding carboxylic acids is 1. The van der Waals surface area contributed by atoms with E-state index in [0.29, 0.717) is 35.7 Å². The molecule has 1 amide bonds. The van der Waals surface area contributed by atoms with Gasteiger partial charge in [-0.2, -0.15) is 18.2 Å². The minimum absolute atomic E-state index is 0.128. The second kappa shape index (κ2) is 12.5. The number of piperazine rings is 1. The summed E-state index contributed by atoms with van der Waals surface area (Å²) in [6.07, 6.45) is -2.78. The van der Waals surface area contributed by atoms with Crippen molar-refractivity contribution in [1.29, 1.82) is 0 Å². The van der Waals surface area contributed by atoms with E-state index >= 15 is 0 Å². The zero-order valence-corrected chi connectivity index (χ0v) is 25.4. The van der Waals surface area contributed by atoms with Crippen LogP contribution >= 0.6 is 11.6 Å². The lowest BCUT2D eigenvalue weighted by molar-refractivity contribution is -0.138. The van der Waals surface area contributed by atoms with Gasteiger partial charge in [0.25, 0.3) is 5.91 Å². The van der Waals surface area contributed by atoms with Gasteiger partial charge in [-0.15, -0.1) is 0 Å². The Labute approximate surface area is 263 Å². The van der Waals surface area contributed by atoms with Crippen molar-refractivity contribution >= 4 is 34.2 Å². The van der Waals surface area contributed by atoms with Gasteiger partial charge in [-0.3, -0.25) is 9.69 Å². The van der Waals surface area contributed by atoms with Crippen LogP contribution in [0.4, 0.5) is 18.9 Å². The summed E-state index contributed by atoms with van der Waals surface area (Å²) in [7, 11) is 3.83. The maximum atomic E-state index is 14.1. The van der Waals surface area contributed by atoms with Crippen molar-refractivity contribution < 1.29 is 22.7 Å². The quantitative estimate of drug-likeness (QED) is 0.206. The van der Waals surface area contributed by atoms with E-state index < -0.39 is 17.6 Å². The number of nitrogens with one attached hydrogen (secondary N) is 1. The van der Waals surface area contributed by atoms with E-state index in [-0.39, 0.29) is 34.3 Å². The van der Waals surface area contributed by atoms with Gasteiger partial charge >= 0.3 is 6.18 Å². The summed E-state index contributed by atoms with van der Waals surface area (Å²) >= 11 is 6.40. The predicted octanol–water partition coefficient (Wildman–Crippen LogP) is 7.10.